The Balaban J connectivity index is 0. The van der Waals surface area contributed by atoms with Gasteiger partial charge in [-0.15, -0.1) is 0 Å². The van der Waals surface area contributed by atoms with E-state index in [1.165, 1.54) is 0 Å². The SMILES string of the molecule is CCC(=O)CC.CCO. The topological polar surface area (TPSA) is 37.3 Å². The molecule has 0 radical (unpaired) electrons. The molecule has 2 nitrogen and oxygen atoms in total. The van der Waals surface area contributed by atoms with Gasteiger partial charge in [-0.3, -0.25) is 4.79 Å². The van der Waals surface area contributed by atoms with Crippen molar-refractivity contribution >= 4 is 5.78 Å². The van der Waals surface area contributed by atoms with E-state index in [9.17, 15) is 4.79 Å². The number of aliphatic hydroxyl groups excluding tert-OH is 1. The molecule has 0 aliphatic rings. The van der Waals surface area contributed by atoms with Crippen LogP contribution >= 0.6 is 0 Å². The van der Waals surface area contributed by atoms with Crippen molar-refractivity contribution < 1.29 is 9.90 Å². The van der Waals surface area contributed by atoms with Crippen LogP contribution in [0.5, 0.6) is 0 Å². The summed E-state index contributed by atoms with van der Waals surface area (Å²) in [6.45, 7) is 5.69. The molecule has 0 aromatic carbocycles. The van der Waals surface area contributed by atoms with Crippen molar-refractivity contribution in [1.82, 2.24) is 0 Å². The summed E-state index contributed by atoms with van der Waals surface area (Å²) in [6.07, 6.45) is 1.38. The van der Waals surface area contributed by atoms with Gasteiger partial charge in [0.15, 0.2) is 0 Å². The standard InChI is InChI=1S/C5H10O.C2H6O/c1-3-5(6)4-2;1-2-3/h3-4H2,1-2H3;3H,2H2,1H3. The number of aliphatic hydroxyl groups is 1. The number of carbonyl (C=O) groups excluding carboxylic acids is 1. The van der Waals surface area contributed by atoms with E-state index < -0.39 is 0 Å². The molecule has 0 rings (SSSR count). The van der Waals surface area contributed by atoms with E-state index in [0.29, 0.717) is 18.6 Å². The number of carbonyl (C=O) groups is 1. The Bertz CT molecular complexity index is 53.9. The second-order valence-electron chi connectivity index (χ2n) is 1.56. The summed E-state index contributed by atoms with van der Waals surface area (Å²) >= 11 is 0. The lowest BCUT2D eigenvalue weighted by molar-refractivity contribution is -0.118. The Morgan fingerprint density at radius 3 is 1.44 bits per heavy atom. The summed E-state index contributed by atoms with van der Waals surface area (Å²) in [4.78, 5) is 10.2. The maximum atomic E-state index is 10.2. The van der Waals surface area contributed by atoms with E-state index in [4.69, 9.17) is 5.11 Å². The summed E-state index contributed by atoms with van der Waals surface area (Å²) in [5.41, 5.74) is 0. The summed E-state index contributed by atoms with van der Waals surface area (Å²) in [6, 6.07) is 0. The van der Waals surface area contributed by atoms with E-state index in [0.717, 1.165) is 0 Å². The first-order valence-corrected chi connectivity index (χ1v) is 3.35. The van der Waals surface area contributed by atoms with Gasteiger partial charge in [-0.25, -0.2) is 0 Å². The predicted octanol–water partition coefficient (Wildman–Crippen LogP) is 1.37. The zero-order valence-corrected chi connectivity index (χ0v) is 6.48. The first-order chi connectivity index (χ1) is 4.22. The molecule has 0 heterocycles. The lowest BCUT2D eigenvalue weighted by Crippen LogP contribution is -1.88. The summed E-state index contributed by atoms with van der Waals surface area (Å²) in [7, 11) is 0. The van der Waals surface area contributed by atoms with E-state index in [-0.39, 0.29) is 6.61 Å². The molecule has 0 amide bonds. The van der Waals surface area contributed by atoms with Crippen molar-refractivity contribution in [1.29, 1.82) is 0 Å². The predicted molar refractivity (Wildman–Crippen MR) is 38.3 cm³/mol. The second kappa shape index (κ2) is 10.6. The van der Waals surface area contributed by atoms with Crippen molar-refractivity contribution in [2.45, 2.75) is 33.6 Å². The van der Waals surface area contributed by atoms with E-state index in [1.807, 2.05) is 13.8 Å². The molecular weight excluding hydrogens is 116 g/mol. The Hall–Kier alpha value is -0.370. The highest BCUT2D eigenvalue weighted by atomic mass is 16.2. The zero-order chi connectivity index (χ0) is 7.70. The van der Waals surface area contributed by atoms with E-state index >= 15 is 0 Å². The average molecular weight is 132 g/mol. The first-order valence-electron chi connectivity index (χ1n) is 3.35. The molecular formula is C7H16O2. The number of hydrogen-bond donors (Lipinski definition) is 1. The molecule has 0 saturated heterocycles. The summed E-state index contributed by atoms with van der Waals surface area (Å²) < 4.78 is 0. The third-order valence-electron chi connectivity index (χ3n) is 0.789. The van der Waals surface area contributed by atoms with Crippen molar-refractivity contribution in [3.05, 3.63) is 0 Å². The minimum atomic E-state index is 0.250. The van der Waals surface area contributed by atoms with Crippen LogP contribution in [0.15, 0.2) is 0 Å². The first kappa shape index (κ1) is 11.4. The van der Waals surface area contributed by atoms with Crippen molar-refractivity contribution in [3.63, 3.8) is 0 Å². The van der Waals surface area contributed by atoms with Gasteiger partial charge in [0.1, 0.15) is 5.78 Å². The van der Waals surface area contributed by atoms with Crippen LogP contribution < -0.4 is 0 Å². The average Bonchev–Trinajstić information content (AvgIpc) is 1.88. The smallest absolute Gasteiger partial charge is 0.132 e. The van der Waals surface area contributed by atoms with E-state index in [1.54, 1.807) is 6.92 Å². The van der Waals surface area contributed by atoms with Gasteiger partial charge in [0.25, 0.3) is 0 Å². The Morgan fingerprint density at radius 2 is 1.44 bits per heavy atom. The molecule has 0 atom stereocenters. The number of Topliss-reactive ketones (excluding diaryl/α,β-unsaturated/α-hetero) is 1. The van der Waals surface area contributed by atoms with Crippen molar-refractivity contribution in [2.75, 3.05) is 6.61 Å². The highest BCUT2D eigenvalue weighted by Crippen LogP contribution is 1.82. The van der Waals surface area contributed by atoms with Crippen LogP contribution in [0.3, 0.4) is 0 Å². The van der Waals surface area contributed by atoms with Crippen LogP contribution in [0, 0.1) is 0 Å². The molecule has 0 spiro atoms. The minimum absolute atomic E-state index is 0.250. The molecule has 0 bridgehead atoms. The molecule has 0 fully saturated rings. The Morgan fingerprint density at radius 1 is 1.22 bits per heavy atom. The fourth-order valence-corrected chi connectivity index (χ4v) is 0.250. The lowest BCUT2D eigenvalue weighted by atomic mass is 10.3. The molecule has 0 aromatic rings. The van der Waals surface area contributed by atoms with Gasteiger partial charge in [0, 0.05) is 19.4 Å². The molecule has 2 heteroatoms. The van der Waals surface area contributed by atoms with Crippen LogP contribution in [-0.4, -0.2) is 17.5 Å². The summed E-state index contributed by atoms with van der Waals surface area (Å²) in [5, 5.41) is 7.57. The van der Waals surface area contributed by atoms with Crippen molar-refractivity contribution in [2.24, 2.45) is 0 Å². The third kappa shape index (κ3) is 18.4. The van der Waals surface area contributed by atoms with Gasteiger partial charge in [0.05, 0.1) is 0 Å². The molecule has 0 saturated carbocycles. The maximum Gasteiger partial charge on any atom is 0.132 e. The molecule has 0 aromatic heterocycles. The molecule has 56 valence electrons. The van der Waals surface area contributed by atoms with Crippen LogP contribution in [0.2, 0.25) is 0 Å². The van der Waals surface area contributed by atoms with Crippen LogP contribution in [0.4, 0.5) is 0 Å². The summed E-state index contributed by atoms with van der Waals surface area (Å²) in [5.74, 6) is 0.343. The Labute approximate surface area is 56.9 Å². The van der Waals surface area contributed by atoms with Gasteiger partial charge >= 0.3 is 0 Å². The van der Waals surface area contributed by atoms with Gasteiger partial charge in [-0.2, -0.15) is 0 Å². The largest absolute Gasteiger partial charge is 0.397 e. The Kier molecular flexibility index (Phi) is 13.4. The number of hydrogen-bond acceptors (Lipinski definition) is 2. The fraction of sp³-hybridized carbons (Fsp3) is 0.857. The maximum absolute atomic E-state index is 10.2. The van der Waals surface area contributed by atoms with Gasteiger partial charge in [-0.1, -0.05) is 13.8 Å². The highest BCUT2D eigenvalue weighted by Gasteiger charge is 1.86. The quantitative estimate of drug-likeness (QED) is 0.616. The van der Waals surface area contributed by atoms with Gasteiger partial charge in [0.2, 0.25) is 0 Å². The molecule has 0 aliphatic heterocycles. The van der Waals surface area contributed by atoms with Gasteiger partial charge < -0.3 is 5.11 Å². The van der Waals surface area contributed by atoms with Crippen LogP contribution in [-0.2, 0) is 4.79 Å². The number of ketones is 1. The monoisotopic (exact) mass is 132 g/mol. The van der Waals surface area contributed by atoms with Crippen molar-refractivity contribution in [3.8, 4) is 0 Å². The highest BCUT2D eigenvalue weighted by molar-refractivity contribution is 5.77. The van der Waals surface area contributed by atoms with E-state index in [2.05, 4.69) is 0 Å². The number of rotatable bonds is 2. The zero-order valence-electron chi connectivity index (χ0n) is 6.48. The normalized spacial score (nSPS) is 7.56. The fourth-order valence-electron chi connectivity index (χ4n) is 0.250. The minimum Gasteiger partial charge on any atom is -0.397 e. The molecule has 9 heavy (non-hydrogen) atoms. The van der Waals surface area contributed by atoms with Crippen LogP contribution in [0.1, 0.15) is 33.6 Å². The lowest BCUT2D eigenvalue weighted by Gasteiger charge is -1.81. The molecule has 0 unspecified atom stereocenters. The van der Waals surface area contributed by atoms with Gasteiger partial charge in [-0.05, 0) is 6.92 Å². The molecule has 0 aliphatic carbocycles. The van der Waals surface area contributed by atoms with Crippen LogP contribution in [0.25, 0.3) is 0 Å². The molecule has 1 N–H and O–H groups in total. The second-order valence-corrected chi connectivity index (χ2v) is 1.56. The third-order valence-corrected chi connectivity index (χ3v) is 0.789.